The van der Waals surface area contributed by atoms with Crippen molar-refractivity contribution in [2.45, 2.75) is 58.8 Å². The number of phenols is 2. The van der Waals surface area contributed by atoms with E-state index in [9.17, 15) is 10.2 Å². The molecule has 0 saturated heterocycles. The summed E-state index contributed by atoms with van der Waals surface area (Å²) < 4.78 is 0. The molecule has 8 heteroatoms. The number of para-hydroxylation sites is 2. The van der Waals surface area contributed by atoms with Crippen LogP contribution in [0.5, 0.6) is 11.5 Å². The average Bonchev–Trinajstić information content (AvgIpc) is 4.03. The number of hydrogen-bond donors (Lipinski definition) is 4. The number of hydrogen-bond acceptors (Lipinski definition) is 6. The van der Waals surface area contributed by atoms with Crippen LogP contribution in [0.25, 0.3) is 11.1 Å². The molecule has 0 aliphatic heterocycles. The molecule has 326 valence electrons. The summed E-state index contributed by atoms with van der Waals surface area (Å²) >= 11 is 0. The highest BCUT2D eigenvalue weighted by Gasteiger charge is 2.20. The maximum Gasteiger partial charge on any atom is 0.128 e. The summed E-state index contributed by atoms with van der Waals surface area (Å²) in [6, 6.07) is 52.1. The summed E-state index contributed by atoms with van der Waals surface area (Å²) in [7, 11) is 0. The minimum atomic E-state index is -0.143. The average molecular weight is 857 g/mol. The lowest BCUT2D eigenvalue weighted by molar-refractivity contribution is 0.445. The van der Waals surface area contributed by atoms with Gasteiger partial charge in [-0.05, 0) is 136 Å². The standard InChI is InChI=1S/C34H36N2O2.C23H20N4/c1-33(2,3)29-11-7-9-25(31(29)37)21-35-27-17-13-23(14-18-27)24-15-19-28(20-16-24)36-22-26-10-8-12-30(32(26)38)34(4,5)6;1-3-22(24-13-1)16-26-20-9-5-18(6-10-20)15-19-7-11-21(12-8-19)27-17-23-4-2-14-25-23/h7-22,37-38H,1-6H3;1-14,16-17,24-25H,15H2. The molecule has 0 aliphatic carbocycles. The van der Waals surface area contributed by atoms with Crippen LogP contribution in [0.4, 0.5) is 22.7 Å². The van der Waals surface area contributed by atoms with E-state index in [1.54, 1.807) is 12.4 Å². The van der Waals surface area contributed by atoms with Gasteiger partial charge in [0, 0.05) is 35.9 Å². The van der Waals surface area contributed by atoms with Crippen molar-refractivity contribution in [1.29, 1.82) is 0 Å². The van der Waals surface area contributed by atoms with Crippen molar-refractivity contribution >= 4 is 47.6 Å². The van der Waals surface area contributed by atoms with E-state index in [2.05, 4.69) is 95.7 Å². The quantitative estimate of drug-likeness (QED) is 0.0968. The Labute approximate surface area is 382 Å². The number of H-pyrrole nitrogens is 2. The lowest BCUT2D eigenvalue weighted by Crippen LogP contribution is -2.11. The fourth-order valence-electron chi connectivity index (χ4n) is 7.08. The zero-order chi connectivity index (χ0) is 45.8. The molecule has 4 N–H and O–H groups in total. The van der Waals surface area contributed by atoms with Crippen molar-refractivity contribution < 1.29 is 10.2 Å². The van der Waals surface area contributed by atoms with Gasteiger partial charge in [-0.25, -0.2) is 0 Å². The van der Waals surface area contributed by atoms with Crippen LogP contribution in [0.2, 0.25) is 0 Å². The molecule has 6 aromatic carbocycles. The van der Waals surface area contributed by atoms with Crippen LogP contribution in [-0.2, 0) is 17.3 Å². The molecule has 0 unspecified atom stereocenters. The van der Waals surface area contributed by atoms with E-state index in [1.165, 1.54) is 11.1 Å². The van der Waals surface area contributed by atoms with Crippen molar-refractivity contribution in [1.82, 2.24) is 9.97 Å². The van der Waals surface area contributed by atoms with E-state index >= 15 is 0 Å². The van der Waals surface area contributed by atoms with Crippen molar-refractivity contribution in [3.8, 4) is 22.6 Å². The highest BCUT2D eigenvalue weighted by molar-refractivity contribution is 5.87. The van der Waals surface area contributed by atoms with Crippen LogP contribution in [-0.4, -0.2) is 45.0 Å². The molecule has 0 spiro atoms. The summed E-state index contributed by atoms with van der Waals surface area (Å²) in [4.78, 5) is 24.3. The molecule has 8 nitrogen and oxygen atoms in total. The number of nitrogens with zero attached hydrogens (tertiary/aromatic N) is 4. The van der Waals surface area contributed by atoms with Crippen LogP contribution in [0.3, 0.4) is 0 Å². The number of phenolic OH excluding ortho intramolecular Hbond substituents is 2. The molecule has 0 bridgehead atoms. The monoisotopic (exact) mass is 856 g/mol. The first kappa shape index (κ1) is 45.2. The Morgan fingerprint density at radius 2 is 0.738 bits per heavy atom. The molecule has 2 aromatic heterocycles. The molecule has 0 radical (unpaired) electrons. The van der Waals surface area contributed by atoms with E-state index < -0.39 is 0 Å². The second-order valence-corrected chi connectivity index (χ2v) is 17.9. The smallest absolute Gasteiger partial charge is 0.128 e. The second-order valence-electron chi connectivity index (χ2n) is 17.9. The first-order valence-corrected chi connectivity index (χ1v) is 21.7. The van der Waals surface area contributed by atoms with Crippen molar-refractivity contribution in [3.63, 3.8) is 0 Å². The third-order valence-electron chi connectivity index (χ3n) is 10.8. The molecule has 0 aliphatic rings. The number of aromatic hydroxyl groups is 2. The molecular weight excluding hydrogens is 801 g/mol. The molecule has 8 aromatic rings. The van der Waals surface area contributed by atoms with Gasteiger partial charge in [-0.1, -0.05) is 114 Å². The lowest BCUT2D eigenvalue weighted by Gasteiger charge is -2.21. The fraction of sp³-hybridized carbons (Fsp3) is 0.158. The summed E-state index contributed by atoms with van der Waals surface area (Å²) in [6.07, 6.45) is 11.8. The predicted molar refractivity (Wildman–Crippen MR) is 272 cm³/mol. The van der Waals surface area contributed by atoms with Crippen molar-refractivity contribution in [2.75, 3.05) is 0 Å². The number of aromatic nitrogens is 2. The lowest BCUT2D eigenvalue weighted by atomic mass is 9.85. The first-order valence-electron chi connectivity index (χ1n) is 21.7. The fourth-order valence-corrected chi connectivity index (χ4v) is 7.08. The van der Waals surface area contributed by atoms with Gasteiger partial charge in [-0.3, -0.25) is 20.0 Å². The van der Waals surface area contributed by atoms with Crippen LogP contribution in [0, 0.1) is 0 Å². The van der Waals surface area contributed by atoms with Crippen LogP contribution < -0.4 is 0 Å². The Bertz CT molecular complexity index is 2670. The van der Waals surface area contributed by atoms with E-state index in [-0.39, 0.29) is 22.3 Å². The van der Waals surface area contributed by atoms with Crippen molar-refractivity contribution in [3.05, 3.63) is 215 Å². The third kappa shape index (κ3) is 12.6. The first-order chi connectivity index (χ1) is 31.3. The van der Waals surface area contributed by atoms with Crippen LogP contribution in [0.15, 0.2) is 190 Å². The Morgan fingerprint density at radius 1 is 0.400 bits per heavy atom. The third-order valence-corrected chi connectivity index (χ3v) is 10.8. The van der Waals surface area contributed by atoms with Gasteiger partial charge in [0.15, 0.2) is 0 Å². The molecular formula is C57H56N6O2. The minimum absolute atomic E-state index is 0.143. The van der Waals surface area contributed by atoms with Gasteiger partial charge in [0.2, 0.25) is 0 Å². The number of aliphatic imine (C=N–C) groups is 4. The highest BCUT2D eigenvalue weighted by Crippen LogP contribution is 2.34. The number of benzene rings is 6. The molecule has 0 amide bonds. The highest BCUT2D eigenvalue weighted by atomic mass is 16.3. The molecule has 0 atom stereocenters. The molecule has 0 fully saturated rings. The molecule has 2 heterocycles. The number of aromatic amines is 2. The SMILES string of the molecule is C(=Nc1ccc(Cc2ccc(N=Cc3ccc[nH]3)cc2)cc1)c1ccc[nH]1.CC(C)(C)c1cccc(C=Nc2ccc(-c3ccc(N=Cc4cccc(C(C)(C)C)c4O)cc3)cc2)c1O. The zero-order valence-corrected chi connectivity index (χ0v) is 37.9. The van der Waals surface area contributed by atoms with Crippen molar-refractivity contribution in [2.24, 2.45) is 20.0 Å². The van der Waals surface area contributed by atoms with E-state index in [4.69, 9.17) is 0 Å². The topological polar surface area (TPSA) is 121 Å². The largest absolute Gasteiger partial charge is 0.507 e. The Kier molecular flexibility index (Phi) is 14.3. The van der Waals surface area contributed by atoms with Gasteiger partial charge >= 0.3 is 0 Å². The zero-order valence-electron chi connectivity index (χ0n) is 37.9. The van der Waals surface area contributed by atoms with Gasteiger partial charge in [0.05, 0.1) is 46.6 Å². The van der Waals surface area contributed by atoms with E-state index in [0.717, 1.165) is 62.8 Å². The Balaban J connectivity index is 0.000000205. The van der Waals surface area contributed by atoms with E-state index in [0.29, 0.717) is 11.1 Å². The van der Waals surface area contributed by atoms with Gasteiger partial charge in [-0.2, -0.15) is 0 Å². The number of nitrogens with one attached hydrogen (secondary N) is 2. The summed E-state index contributed by atoms with van der Waals surface area (Å²) in [6.45, 7) is 12.5. The number of rotatable bonds is 11. The molecule has 0 saturated carbocycles. The summed E-state index contributed by atoms with van der Waals surface area (Å²) in [5.74, 6) is 0.556. The minimum Gasteiger partial charge on any atom is -0.507 e. The Morgan fingerprint density at radius 3 is 1.06 bits per heavy atom. The summed E-state index contributed by atoms with van der Waals surface area (Å²) in [5.41, 5.74) is 13.1. The maximum atomic E-state index is 10.7. The Hall–Kier alpha value is -7.84. The van der Waals surface area contributed by atoms with Gasteiger partial charge in [0.1, 0.15) is 11.5 Å². The molecule has 65 heavy (non-hydrogen) atoms. The second kappa shape index (κ2) is 20.6. The predicted octanol–water partition coefficient (Wildman–Crippen LogP) is 14.3. The van der Waals surface area contributed by atoms with Crippen LogP contribution in [0.1, 0.15) is 86.3 Å². The van der Waals surface area contributed by atoms with E-state index in [1.807, 2.05) is 158 Å². The summed E-state index contributed by atoms with van der Waals surface area (Å²) in [5, 5.41) is 21.3. The maximum absolute atomic E-state index is 10.7. The van der Waals surface area contributed by atoms with Gasteiger partial charge < -0.3 is 20.2 Å². The van der Waals surface area contributed by atoms with Gasteiger partial charge in [-0.15, -0.1) is 0 Å². The molecule has 8 rings (SSSR count). The van der Waals surface area contributed by atoms with Crippen LogP contribution >= 0.6 is 0 Å². The normalized spacial score (nSPS) is 12.1. The van der Waals surface area contributed by atoms with Gasteiger partial charge in [0.25, 0.3) is 0 Å².